The first-order chi connectivity index (χ1) is 5.23. The zero-order valence-electron chi connectivity index (χ0n) is 8.59. The van der Waals surface area contributed by atoms with Crippen LogP contribution in [0.2, 0.25) is 26.2 Å². The molecule has 0 heterocycles. The lowest BCUT2D eigenvalue weighted by Gasteiger charge is -2.36. The third kappa shape index (κ3) is 2.98. The second kappa shape index (κ2) is 4.01. The van der Waals surface area contributed by atoms with Gasteiger partial charge in [0.05, 0.1) is 0 Å². The van der Waals surface area contributed by atoms with Gasteiger partial charge in [0.25, 0.3) is 0 Å². The summed E-state index contributed by atoms with van der Waals surface area (Å²) < 4.78 is 5.67. The summed E-state index contributed by atoms with van der Waals surface area (Å²) in [4.78, 5) is 0. The molecule has 0 spiro atoms. The minimum atomic E-state index is -2.32. The summed E-state index contributed by atoms with van der Waals surface area (Å²) in [6.45, 7) is 9.55. The van der Waals surface area contributed by atoms with Crippen molar-refractivity contribution >= 4 is 17.4 Å². The van der Waals surface area contributed by atoms with E-state index in [2.05, 4.69) is 0 Å². The number of hydrogen-bond acceptors (Lipinski definition) is 3. The molecule has 0 aliphatic rings. The third-order valence-electron chi connectivity index (χ3n) is 1.99. The van der Waals surface area contributed by atoms with Crippen LogP contribution in [-0.4, -0.2) is 33.0 Å². The fraction of sp³-hybridized carbons (Fsp3) is 1.00. The Hall–Kier alpha value is 0.314. The molecule has 74 valence electrons. The zero-order chi connectivity index (χ0) is 9.99. The molecule has 0 rings (SSSR count). The predicted molar refractivity (Wildman–Crippen MR) is 54.9 cm³/mol. The minimum Gasteiger partial charge on any atom is -0.455 e. The van der Waals surface area contributed by atoms with Crippen molar-refractivity contribution in [3.63, 3.8) is 0 Å². The second-order valence-corrected chi connectivity index (χ2v) is 10.7. The number of hydrogen-bond donors (Lipinski definition) is 2. The molecule has 0 aliphatic heterocycles. The van der Waals surface area contributed by atoms with Crippen LogP contribution >= 0.6 is 0 Å². The zero-order valence-corrected chi connectivity index (χ0v) is 10.7. The van der Waals surface area contributed by atoms with Gasteiger partial charge < -0.3 is 14.3 Å². The molecule has 0 bridgehead atoms. The normalized spacial score (nSPS) is 14.0. The molecule has 12 heavy (non-hydrogen) atoms. The van der Waals surface area contributed by atoms with Gasteiger partial charge in [-0.2, -0.15) is 0 Å². The van der Waals surface area contributed by atoms with Gasteiger partial charge >= 0.3 is 0 Å². The molecular formula is C7H20O3Si2. The fourth-order valence-electron chi connectivity index (χ4n) is 1.11. The van der Waals surface area contributed by atoms with Gasteiger partial charge in [0.1, 0.15) is 0 Å². The van der Waals surface area contributed by atoms with Gasteiger partial charge in [-0.1, -0.05) is 6.92 Å². The molecule has 2 N–H and O–H groups in total. The largest absolute Gasteiger partial charge is 0.455 e. The van der Waals surface area contributed by atoms with E-state index in [4.69, 9.17) is 4.12 Å². The average Bonchev–Trinajstić information content (AvgIpc) is 1.84. The molecule has 0 radical (unpaired) electrons. The van der Waals surface area contributed by atoms with Crippen LogP contribution in [0.3, 0.4) is 0 Å². The van der Waals surface area contributed by atoms with Crippen molar-refractivity contribution in [3.05, 3.63) is 0 Å². The summed E-state index contributed by atoms with van der Waals surface area (Å²) in [5, 5.41) is 19.2. The first-order valence-corrected chi connectivity index (χ1v) is 10.0. The molecule has 0 aromatic carbocycles. The second-order valence-electron chi connectivity index (χ2n) is 3.85. The Bertz CT molecular complexity index is 146. The van der Waals surface area contributed by atoms with Crippen molar-refractivity contribution in [2.75, 3.05) is 0 Å². The summed E-state index contributed by atoms with van der Waals surface area (Å²) in [5.74, 6) is 0. The van der Waals surface area contributed by atoms with E-state index in [-0.39, 0.29) is 0 Å². The molecule has 0 aromatic heterocycles. The maximum absolute atomic E-state index is 9.61. The van der Waals surface area contributed by atoms with E-state index in [0.717, 1.165) is 0 Å². The molecule has 0 saturated heterocycles. The topological polar surface area (TPSA) is 49.7 Å². The highest BCUT2D eigenvalue weighted by molar-refractivity contribution is 6.79. The Labute approximate surface area is 77.2 Å². The molecule has 0 saturated carbocycles. The Morgan fingerprint density at radius 1 is 1.33 bits per heavy atom. The lowest BCUT2D eigenvalue weighted by molar-refractivity contribution is -0.106. The molecule has 3 nitrogen and oxygen atoms in total. The van der Waals surface area contributed by atoms with Gasteiger partial charge in [-0.05, 0) is 32.6 Å². The first-order valence-electron chi connectivity index (χ1n) is 4.35. The van der Waals surface area contributed by atoms with Crippen molar-refractivity contribution in [2.24, 2.45) is 0 Å². The van der Waals surface area contributed by atoms with E-state index >= 15 is 0 Å². The highest BCUT2D eigenvalue weighted by Gasteiger charge is 2.44. The molecule has 0 amide bonds. The maximum atomic E-state index is 9.61. The van der Waals surface area contributed by atoms with Crippen molar-refractivity contribution in [1.82, 2.24) is 0 Å². The van der Waals surface area contributed by atoms with Crippen LogP contribution in [-0.2, 0) is 4.12 Å². The molecular weight excluding hydrogens is 188 g/mol. The van der Waals surface area contributed by atoms with Crippen molar-refractivity contribution in [2.45, 2.75) is 44.9 Å². The van der Waals surface area contributed by atoms with Gasteiger partial charge in [0.15, 0.2) is 14.5 Å². The third-order valence-corrected chi connectivity index (χ3v) is 8.51. The van der Waals surface area contributed by atoms with Gasteiger partial charge in [0, 0.05) is 0 Å². The van der Waals surface area contributed by atoms with Gasteiger partial charge in [-0.25, -0.2) is 0 Å². The van der Waals surface area contributed by atoms with Crippen LogP contribution in [0.25, 0.3) is 0 Å². The predicted octanol–water partition coefficient (Wildman–Crippen LogP) is 0.822. The summed E-state index contributed by atoms with van der Waals surface area (Å²) >= 11 is 0. The Morgan fingerprint density at radius 2 is 1.75 bits per heavy atom. The summed E-state index contributed by atoms with van der Waals surface area (Å²) in [6, 6.07) is 0. The van der Waals surface area contributed by atoms with Gasteiger partial charge in [-0.3, -0.25) is 0 Å². The standard InChI is InChI=1S/C7H20O3Si2/c1-6-7(8,9)12(4,5)10-11(2)3/h8-9,11H,6H2,1-5H3. The van der Waals surface area contributed by atoms with E-state index in [9.17, 15) is 10.2 Å². The van der Waals surface area contributed by atoms with E-state index < -0.39 is 22.8 Å². The molecule has 5 heteroatoms. The Kier molecular flexibility index (Phi) is 4.12. The van der Waals surface area contributed by atoms with Crippen LogP contribution < -0.4 is 0 Å². The maximum Gasteiger partial charge on any atom is 0.239 e. The SMILES string of the molecule is CCC(O)(O)[Si](C)(C)O[SiH](C)C. The van der Waals surface area contributed by atoms with E-state index in [1.807, 2.05) is 26.2 Å². The van der Waals surface area contributed by atoms with E-state index in [0.29, 0.717) is 6.42 Å². The Morgan fingerprint density at radius 3 is 2.00 bits per heavy atom. The molecule has 0 unspecified atom stereocenters. The lowest BCUT2D eigenvalue weighted by Crippen LogP contribution is -2.57. The van der Waals surface area contributed by atoms with Gasteiger partial charge in [0.2, 0.25) is 8.32 Å². The summed E-state index contributed by atoms with van der Waals surface area (Å²) in [6.07, 6.45) is 0.341. The quantitative estimate of drug-likeness (QED) is 0.531. The fourth-order valence-corrected chi connectivity index (χ4v) is 7.43. The minimum absolute atomic E-state index is 0.341. The highest BCUT2D eigenvalue weighted by Crippen LogP contribution is 2.23. The monoisotopic (exact) mass is 208 g/mol. The van der Waals surface area contributed by atoms with Crippen LogP contribution in [0, 0.1) is 0 Å². The van der Waals surface area contributed by atoms with E-state index in [1.165, 1.54) is 0 Å². The van der Waals surface area contributed by atoms with Crippen LogP contribution in [0.4, 0.5) is 0 Å². The van der Waals surface area contributed by atoms with Crippen LogP contribution in [0.1, 0.15) is 13.3 Å². The van der Waals surface area contributed by atoms with Gasteiger partial charge in [-0.15, -0.1) is 0 Å². The van der Waals surface area contributed by atoms with Crippen molar-refractivity contribution < 1.29 is 14.3 Å². The van der Waals surface area contributed by atoms with E-state index in [1.54, 1.807) is 6.92 Å². The molecule has 0 aliphatic carbocycles. The summed E-state index contributed by atoms with van der Waals surface area (Å²) in [7, 11) is -3.49. The number of rotatable bonds is 4. The Balaban J connectivity index is 4.37. The first kappa shape index (κ1) is 12.3. The highest BCUT2D eigenvalue weighted by atomic mass is 28.4. The van der Waals surface area contributed by atoms with Crippen molar-refractivity contribution in [1.29, 1.82) is 0 Å². The van der Waals surface area contributed by atoms with Crippen LogP contribution in [0.5, 0.6) is 0 Å². The van der Waals surface area contributed by atoms with Crippen molar-refractivity contribution in [3.8, 4) is 0 Å². The number of aliphatic hydroxyl groups is 2. The average molecular weight is 208 g/mol. The molecule has 0 aromatic rings. The summed E-state index contributed by atoms with van der Waals surface area (Å²) in [5.41, 5.74) is -1.58. The molecule has 0 atom stereocenters. The molecule has 0 fully saturated rings. The van der Waals surface area contributed by atoms with Crippen LogP contribution in [0.15, 0.2) is 0 Å². The smallest absolute Gasteiger partial charge is 0.239 e. The lowest BCUT2D eigenvalue weighted by atomic mass is 10.5.